The molecule has 2 aromatic rings. The number of aromatic nitrogens is 2. The Balaban J connectivity index is 1.33. The van der Waals surface area contributed by atoms with E-state index in [-0.39, 0.29) is 18.0 Å². The highest BCUT2D eigenvalue weighted by Gasteiger charge is 2.35. The summed E-state index contributed by atoms with van der Waals surface area (Å²) in [6.45, 7) is 6.63. The van der Waals surface area contributed by atoms with Crippen molar-refractivity contribution in [3.05, 3.63) is 30.2 Å². The number of sulfonamides is 1. The van der Waals surface area contributed by atoms with Gasteiger partial charge in [0.05, 0.1) is 12.3 Å². The lowest BCUT2D eigenvalue weighted by Gasteiger charge is -2.34. The molecule has 2 fully saturated rings. The van der Waals surface area contributed by atoms with Crippen LogP contribution in [0.1, 0.15) is 12.8 Å². The van der Waals surface area contributed by atoms with Crippen LogP contribution in [0.4, 0.5) is 10.5 Å². The van der Waals surface area contributed by atoms with E-state index in [9.17, 15) is 13.2 Å². The molecule has 0 aliphatic carbocycles. The van der Waals surface area contributed by atoms with E-state index in [0.717, 1.165) is 11.3 Å². The minimum atomic E-state index is -3.15. The number of nitrogens with zero attached hydrogens (tertiary/aromatic N) is 5. The number of carbonyl (C=O) groups excluding carboxylic acids is 1. The van der Waals surface area contributed by atoms with Gasteiger partial charge in [-0.2, -0.15) is 9.29 Å². The van der Waals surface area contributed by atoms with Crippen molar-refractivity contribution < 1.29 is 22.5 Å². The summed E-state index contributed by atoms with van der Waals surface area (Å²) in [5, 5.41) is 3.89. The van der Waals surface area contributed by atoms with E-state index in [1.165, 1.54) is 4.31 Å². The molecule has 0 spiro atoms. The molecule has 2 aliphatic rings. The smallest absolute Gasteiger partial charge is 0.414 e. The second-order valence-corrected chi connectivity index (χ2v) is 9.66. The molecule has 1 unspecified atom stereocenters. The predicted molar refractivity (Wildman–Crippen MR) is 110 cm³/mol. The topological polar surface area (TPSA) is 109 Å². The Hall–Kier alpha value is -2.50. The molecule has 11 heteroatoms. The SMILES string of the molecule is CCS(=O)(=O)N1CCN(CC2CN(c3ccc(-c4noc(C)n4)cc3)C(=O)O2)CC1. The van der Waals surface area contributed by atoms with Crippen molar-refractivity contribution in [3.63, 3.8) is 0 Å². The minimum absolute atomic E-state index is 0.118. The van der Waals surface area contributed by atoms with Gasteiger partial charge in [0, 0.05) is 50.9 Å². The monoisotopic (exact) mass is 435 g/mol. The summed E-state index contributed by atoms with van der Waals surface area (Å²) in [5.74, 6) is 1.12. The highest BCUT2D eigenvalue weighted by Crippen LogP contribution is 2.25. The van der Waals surface area contributed by atoms with Crippen molar-refractivity contribution in [2.24, 2.45) is 0 Å². The number of hydrogen-bond donors (Lipinski definition) is 0. The van der Waals surface area contributed by atoms with Crippen LogP contribution in [0, 0.1) is 6.92 Å². The van der Waals surface area contributed by atoms with Gasteiger partial charge in [0.2, 0.25) is 21.7 Å². The number of amides is 1. The number of hydrogen-bond acceptors (Lipinski definition) is 8. The molecule has 0 bridgehead atoms. The average Bonchev–Trinajstić information content (AvgIpc) is 3.34. The number of benzene rings is 1. The number of aryl methyl sites for hydroxylation is 1. The summed E-state index contributed by atoms with van der Waals surface area (Å²) in [6, 6.07) is 7.35. The van der Waals surface area contributed by atoms with Crippen LogP contribution < -0.4 is 4.90 Å². The van der Waals surface area contributed by atoms with Gasteiger partial charge in [-0.25, -0.2) is 13.2 Å². The van der Waals surface area contributed by atoms with Gasteiger partial charge in [-0.1, -0.05) is 5.16 Å². The van der Waals surface area contributed by atoms with E-state index in [2.05, 4.69) is 15.0 Å². The Labute approximate surface area is 175 Å². The number of carbonyl (C=O) groups is 1. The van der Waals surface area contributed by atoms with Gasteiger partial charge in [-0.15, -0.1) is 0 Å². The summed E-state index contributed by atoms with van der Waals surface area (Å²) < 4.78 is 36.0. The third kappa shape index (κ3) is 4.32. The Bertz CT molecular complexity index is 999. The van der Waals surface area contributed by atoms with Crippen molar-refractivity contribution in [3.8, 4) is 11.4 Å². The largest absolute Gasteiger partial charge is 0.443 e. The zero-order valence-electron chi connectivity index (χ0n) is 17.0. The standard InChI is InChI=1S/C19H25N5O5S/c1-3-30(26,27)23-10-8-22(9-11-23)12-17-13-24(19(25)28-17)16-6-4-15(5-7-16)18-20-14(2)29-21-18/h4-7,17H,3,8-13H2,1-2H3. The first-order chi connectivity index (χ1) is 14.4. The van der Waals surface area contributed by atoms with Crippen LogP contribution in [0.3, 0.4) is 0 Å². The summed E-state index contributed by atoms with van der Waals surface area (Å²) in [5.41, 5.74) is 1.55. The molecular formula is C19H25N5O5S. The van der Waals surface area contributed by atoms with Gasteiger partial charge >= 0.3 is 6.09 Å². The Morgan fingerprint density at radius 3 is 2.43 bits per heavy atom. The highest BCUT2D eigenvalue weighted by molar-refractivity contribution is 7.89. The van der Waals surface area contributed by atoms with E-state index in [1.807, 2.05) is 24.3 Å². The molecule has 2 aliphatic heterocycles. The summed E-state index contributed by atoms with van der Waals surface area (Å²) >= 11 is 0. The van der Waals surface area contributed by atoms with Gasteiger partial charge in [-0.3, -0.25) is 9.80 Å². The molecule has 0 N–H and O–H groups in total. The van der Waals surface area contributed by atoms with Crippen molar-refractivity contribution in [2.45, 2.75) is 20.0 Å². The second-order valence-electron chi connectivity index (χ2n) is 7.40. The van der Waals surface area contributed by atoms with E-state index in [0.29, 0.717) is 51.0 Å². The van der Waals surface area contributed by atoms with Gasteiger partial charge in [0.1, 0.15) is 6.10 Å². The zero-order valence-corrected chi connectivity index (χ0v) is 17.8. The number of cyclic esters (lactones) is 1. The third-order valence-corrected chi connectivity index (χ3v) is 7.27. The van der Waals surface area contributed by atoms with Crippen LogP contribution in [0.15, 0.2) is 28.8 Å². The highest BCUT2D eigenvalue weighted by atomic mass is 32.2. The maximum atomic E-state index is 12.4. The molecule has 1 aromatic carbocycles. The normalized spacial score (nSPS) is 21.2. The molecular weight excluding hydrogens is 410 g/mol. The lowest BCUT2D eigenvalue weighted by Crippen LogP contribution is -2.51. The van der Waals surface area contributed by atoms with Crippen molar-refractivity contribution in [1.29, 1.82) is 0 Å². The third-order valence-electron chi connectivity index (χ3n) is 5.39. The zero-order chi connectivity index (χ0) is 21.3. The lowest BCUT2D eigenvalue weighted by molar-refractivity contribution is 0.0938. The van der Waals surface area contributed by atoms with E-state index in [4.69, 9.17) is 9.26 Å². The van der Waals surface area contributed by atoms with Crippen LogP contribution in [0.2, 0.25) is 0 Å². The number of rotatable bonds is 6. The molecule has 1 amide bonds. The van der Waals surface area contributed by atoms with E-state index >= 15 is 0 Å². The van der Waals surface area contributed by atoms with Crippen LogP contribution in [0.25, 0.3) is 11.4 Å². The minimum Gasteiger partial charge on any atom is -0.443 e. The molecule has 2 saturated heterocycles. The van der Waals surface area contributed by atoms with Crippen LogP contribution >= 0.6 is 0 Å². The summed E-state index contributed by atoms with van der Waals surface area (Å²) in [7, 11) is -3.15. The fraction of sp³-hybridized carbons (Fsp3) is 0.526. The molecule has 162 valence electrons. The number of anilines is 1. The van der Waals surface area contributed by atoms with Gasteiger partial charge in [-0.05, 0) is 31.2 Å². The lowest BCUT2D eigenvalue weighted by atomic mass is 10.2. The molecule has 0 saturated carbocycles. The average molecular weight is 436 g/mol. The van der Waals surface area contributed by atoms with Crippen LogP contribution in [-0.4, -0.2) is 85.0 Å². The first-order valence-corrected chi connectivity index (χ1v) is 11.6. The quantitative estimate of drug-likeness (QED) is 0.669. The van der Waals surface area contributed by atoms with Crippen LogP contribution in [-0.2, 0) is 14.8 Å². The number of ether oxygens (including phenoxy) is 1. The van der Waals surface area contributed by atoms with Crippen molar-refractivity contribution in [2.75, 3.05) is 49.9 Å². The van der Waals surface area contributed by atoms with Gasteiger partial charge < -0.3 is 9.26 Å². The van der Waals surface area contributed by atoms with Crippen LogP contribution in [0.5, 0.6) is 0 Å². The molecule has 1 aromatic heterocycles. The summed E-state index contributed by atoms with van der Waals surface area (Å²) in [6.07, 6.45) is -0.637. The first kappa shape index (κ1) is 20.8. The second kappa shape index (κ2) is 8.32. The molecule has 4 rings (SSSR count). The maximum Gasteiger partial charge on any atom is 0.414 e. The fourth-order valence-electron chi connectivity index (χ4n) is 3.70. The number of piperazine rings is 1. The van der Waals surface area contributed by atoms with Gasteiger partial charge in [0.15, 0.2) is 0 Å². The molecule has 10 nitrogen and oxygen atoms in total. The molecule has 1 atom stereocenters. The fourth-order valence-corrected chi connectivity index (χ4v) is 4.78. The first-order valence-electron chi connectivity index (χ1n) is 9.95. The van der Waals surface area contributed by atoms with Gasteiger partial charge in [0.25, 0.3) is 0 Å². The van der Waals surface area contributed by atoms with Crippen molar-refractivity contribution >= 4 is 21.8 Å². The maximum absolute atomic E-state index is 12.4. The molecule has 30 heavy (non-hydrogen) atoms. The Morgan fingerprint density at radius 1 is 1.13 bits per heavy atom. The predicted octanol–water partition coefficient (Wildman–Crippen LogP) is 1.34. The van der Waals surface area contributed by atoms with E-state index in [1.54, 1.807) is 18.7 Å². The van der Waals surface area contributed by atoms with Crippen molar-refractivity contribution in [1.82, 2.24) is 19.3 Å². The molecule has 0 radical (unpaired) electrons. The Morgan fingerprint density at radius 2 is 1.83 bits per heavy atom. The summed E-state index contributed by atoms with van der Waals surface area (Å²) in [4.78, 5) is 20.3. The molecule has 3 heterocycles. The Kier molecular flexibility index (Phi) is 5.76. The van der Waals surface area contributed by atoms with E-state index < -0.39 is 10.0 Å².